The Balaban J connectivity index is 1.61. The summed E-state index contributed by atoms with van der Waals surface area (Å²) in [4.78, 5) is 18.9. The van der Waals surface area contributed by atoms with Gasteiger partial charge in [-0.3, -0.25) is 14.5 Å². The second kappa shape index (κ2) is 8.86. The molecule has 1 aliphatic carbocycles. The number of aromatic nitrogens is 1. The van der Waals surface area contributed by atoms with Crippen LogP contribution >= 0.6 is 23.2 Å². The van der Waals surface area contributed by atoms with Crippen LogP contribution in [0.3, 0.4) is 0 Å². The number of benzene rings is 2. The number of rotatable bonds is 7. The molecular formula is C22H19Cl2N3O3S. The first-order valence-electron chi connectivity index (χ1n) is 9.61. The van der Waals surface area contributed by atoms with Crippen molar-refractivity contribution >= 4 is 44.8 Å². The molecule has 1 aliphatic rings. The highest BCUT2D eigenvalue weighted by atomic mass is 35.5. The molecule has 0 aliphatic heterocycles. The number of nitrogens with zero attached hydrogens (tertiary/aromatic N) is 2. The molecule has 4 rings (SSSR count). The van der Waals surface area contributed by atoms with Crippen molar-refractivity contribution in [1.29, 1.82) is 0 Å². The number of anilines is 1. The maximum atomic E-state index is 13.2. The number of pyridine rings is 1. The predicted molar refractivity (Wildman–Crippen MR) is 121 cm³/mol. The average molecular weight is 476 g/mol. The van der Waals surface area contributed by atoms with Crippen LogP contribution in [0.4, 0.5) is 5.69 Å². The topological polar surface area (TPSA) is 79.4 Å². The van der Waals surface area contributed by atoms with Gasteiger partial charge in [0.1, 0.15) is 4.90 Å². The quantitative estimate of drug-likeness (QED) is 0.521. The SMILES string of the molecule is O=C(c1ccc(Cl)c(S(=O)(=O)Nc2ccc(Cl)cc2)c1)N(Cc1cccnc1)C1CC1. The molecule has 3 aromatic rings. The summed E-state index contributed by atoms with van der Waals surface area (Å²) in [6.45, 7) is 0.408. The zero-order valence-electron chi connectivity index (χ0n) is 16.3. The lowest BCUT2D eigenvalue weighted by Gasteiger charge is -2.23. The minimum Gasteiger partial charge on any atom is -0.331 e. The first-order valence-corrected chi connectivity index (χ1v) is 11.9. The van der Waals surface area contributed by atoms with E-state index in [4.69, 9.17) is 23.2 Å². The molecule has 1 heterocycles. The number of nitrogens with one attached hydrogen (secondary N) is 1. The molecule has 6 nitrogen and oxygen atoms in total. The molecule has 0 atom stereocenters. The summed E-state index contributed by atoms with van der Waals surface area (Å²) in [6, 6.07) is 14.4. The van der Waals surface area contributed by atoms with Crippen molar-refractivity contribution in [2.45, 2.75) is 30.3 Å². The number of hydrogen-bond acceptors (Lipinski definition) is 4. The van der Waals surface area contributed by atoms with Crippen molar-refractivity contribution in [3.05, 3.63) is 88.2 Å². The van der Waals surface area contributed by atoms with E-state index in [1.165, 1.54) is 12.1 Å². The molecule has 1 fully saturated rings. The van der Waals surface area contributed by atoms with Crippen LogP contribution in [0.2, 0.25) is 10.0 Å². The summed E-state index contributed by atoms with van der Waals surface area (Å²) in [5.74, 6) is -0.244. The van der Waals surface area contributed by atoms with Gasteiger partial charge in [-0.15, -0.1) is 0 Å². The van der Waals surface area contributed by atoms with Crippen LogP contribution in [0.25, 0.3) is 0 Å². The molecule has 0 saturated heterocycles. The van der Waals surface area contributed by atoms with Crippen molar-refractivity contribution in [2.75, 3.05) is 4.72 Å². The number of hydrogen-bond donors (Lipinski definition) is 1. The van der Waals surface area contributed by atoms with Gasteiger partial charge in [0.15, 0.2) is 0 Å². The zero-order chi connectivity index (χ0) is 22.0. The number of halogens is 2. The molecular weight excluding hydrogens is 457 g/mol. The number of carbonyl (C=O) groups excluding carboxylic acids is 1. The third-order valence-corrected chi connectivity index (χ3v) is 7.00. The van der Waals surface area contributed by atoms with Gasteiger partial charge in [0.2, 0.25) is 0 Å². The van der Waals surface area contributed by atoms with E-state index >= 15 is 0 Å². The lowest BCUT2D eigenvalue weighted by Crippen LogP contribution is -2.32. The Morgan fingerprint density at radius 3 is 2.48 bits per heavy atom. The van der Waals surface area contributed by atoms with E-state index in [2.05, 4.69) is 9.71 Å². The van der Waals surface area contributed by atoms with Crippen LogP contribution in [-0.4, -0.2) is 30.3 Å². The molecule has 1 N–H and O–H groups in total. The Morgan fingerprint density at radius 1 is 1.10 bits per heavy atom. The number of sulfonamides is 1. The molecule has 0 spiro atoms. The smallest absolute Gasteiger partial charge is 0.263 e. The van der Waals surface area contributed by atoms with E-state index in [9.17, 15) is 13.2 Å². The minimum atomic E-state index is -4.01. The fraction of sp³-hybridized carbons (Fsp3) is 0.182. The first kappa shape index (κ1) is 21.6. The van der Waals surface area contributed by atoms with Gasteiger partial charge in [0.05, 0.1) is 5.02 Å². The van der Waals surface area contributed by atoms with Gasteiger partial charge in [-0.05, 0) is 66.9 Å². The molecule has 2 aromatic carbocycles. The van der Waals surface area contributed by atoms with Crippen LogP contribution < -0.4 is 4.72 Å². The molecule has 31 heavy (non-hydrogen) atoms. The summed E-state index contributed by atoms with van der Waals surface area (Å²) < 4.78 is 28.3. The predicted octanol–water partition coefficient (Wildman–Crippen LogP) is 4.99. The molecule has 0 unspecified atom stereocenters. The van der Waals surface area contributed by atoms with Gasteiger partial charge in [-0.1, -0.05) is 29.3 Å². The Labute approximate surface area is 190 Å². The summed E-state index contributed by atoms with van der Waals surface area (Å²) in [6.07, 6.45) is 5.24. The van der Waals surface area contributed by atoms with Gasteiger partial charge in [-0.2, -0.15) is 0 Å². The fourth-order valence-corrected chi connectivity index (χ4v) is 4.89. The standard InChI is InChI=1S/C22H19Cl2N3O3S/c23-17-4-6-18(7-5-17)26-31(29,30)21-12-16(3-10-20(21)24)22(28)27(19-8-9-19)14-15-2-1-11-25-13-15/h1-7,10-13,19,26H,8-9,14H2. The highest BCUT2D eigenvalue weighted by Gasteiger charge is 2.33. The van der Waals surface area contributed by atoms with E-state index in [0.29, 0.717) is 17.3 Å². The van der Waals surface area contributed by atoms with Crippen molar-refractivity contribution < 1.29 is 13.2 Å². The molecule has 0 bridgehead atoms. The van der Waals surface area contributed by atoms with Crippen molar-refractivity contribution in [3.8, 4) is 0 Å². The van der Waals surface area contributed by atoms with Gasteiger partial charge in [-0.25, -0.2) is 8.42 Å². The van der Waals surface area contributed by atoms with Crippen LogP contribution in [0.1, 0.15) is 28.8 Å². The molecule has 160 valence electrons. The molecule has 9 heteroatoms. The Morgan fingerprint density at radius 2 is 1.84 bits per heavy atom. The first-order chi connectivity index (χ1) is 14.8. The van der Waals surface area contributed by atoms with Gasteiger partial charge in [0.25, 0.3) is 15.9 Å². The summed E-state index contributed by atoms with van der Waals surface area (Å²) in [5.41, 5.74) is 1.51. The third kappa shape index (κ3) is 5.18. The zero-order valence-corrected chi connectivity index (χ0v) is 18.7. The lowest BCUT2D eigenvalue weighted by atomic mass is 10.1. The van der Waals surface area contributed by atoms with Crippen LogP contribution in [-0.2, 0) is 16.6 Å². The van der Waals surface area contributed by atoms with Gasteiger partial charge in [0, 0.05) is 41.3 Å². The van der Waals surface area contributed by atoms with E-state index < -0.39 is 10.0 Å². The van der Waals surface area contributed by atoms with E-state index in [-0.39, 0.29) is 27.4 Å². The lowest BCUT2D eigenvalue weighted by molar-refractivity contribution is 0.0729. The van der Waals surface area contributed by atoms with Gasteiger partial charge >= 0.3 is 0 Å². The Kier molecular flexibility index (Phi) is 6.18. The van der Waals surface area contributed by atoms with Crippen LogP contribution in [0.15, 0.2) is 71.9 Å². The summed E-state index contributed by atoms with van der Waals surface area (Å²) in [7, 11) is -4.01. The van der Waals surface area contributed by atoms with Crippen LogP contribution in [0.5, 0.6) is 0 Å². The molecule has 1 saturated carbocycles. The Bertz CT molecular complexity index is 1200. The number of amides is 1. The van der Waals surface area contributed by atoms with Gasteiger partial charge < -0.3 is 4.90 Å². The molecule has 0 radical (unpaired) electrons. The van der Waals surface area contributed by atoms with Crippen LogP contribution in [0, 0.1) is 0 Å². The second-order valence-corrected chi connectivity index (χ2v) is 9.78. The molecule has 1 amide bonds. The van der Waals surface area contributed by atoms with E-state index in [1.807, 2.05) is 12.1 Å². The fourth-order valence-electron chi connectivity index (χ4n) is 3.18. The summed E-state index contributed by atoms with van der Waals surface area (Å²) in [5, 5.41) is 0.519. The third-order valence-electron chi connectivity index (χ3n) is 4.89. The normalized spacial score (nSPS) is 13.6. The Hall–Kier alpha value is -2.61. The average Bonchev–Trinajstić information content (AvgIpc) is 3.59. The van der Waals surface area contributed by atoms with E-state index in [1.54, 1.807) is 47.6 Å². The van der Waals surface area contributed by atoms with E-state index in [0.717, 1.165) is 18.4 Å². The minimum absolute atomic E-state index is 0.0308. The number of carbonyl (C=O) groups is 1. The maximum Gasteiger partial charge on any atom is 0.263 e. The second-order valence-electron chi connectivity index (χ2n) is 7.28. The molecule has 1 aromatic heterocycles. The monoisotopic (exact) mass is 475 g/mol. The van der Waals surface area contributed by atoms with Crippen molar-refractivity contribution in [1.82, 2.24) is 9.88 Å². The highest BCUT2D eigenvalue weighted by molar-refractivity contribution is 7.92. The summed E-state index contributed by atoms with van der Waals surface area (Å²) >= 11 is 12.0. The maximum absolute atomic E-state index is 13.2. The largest absolute Gasteiger partial charge is 0.331 e. The highest BCUT2D eigenvalue weighted by Crippen LogP contribution is 2.31. The van der Waals surface area contributed by atoms with Crippen molar-refractivity contribution in [3.63, 3.8) is 0 Å². The van der Waals surface area contributed by atoms with Crippen molar-refractivity contribution in [2.24, 2.45) is 0 Å².